The third-order valence-corrected chi connectivity index (χ3v) is 3.70. The summed E-state index contributed by atoms with van der Waals surface area (Å²) in [4.78, 5) is 15.8. The largest absolute Gasteiger partial charge is 0.342 e. The lowest BCUT2D eigenvalue weighted by Crippen LogP contribution is -2.38. The molecule has 1 amide bonds. The molecule has 0 atom stereocenters. The molecule has 0 N–H and O–H groups in total. The van der Waals surface area contributed by atoms with Crippen molar-refractivity contribution in [3.63, 3.8) is 0 Å². The summed E-state index contributed by atoms with van der Waals surface area (Å²) in [5, 5.41) is 1.09. The van der Waals surface area contributed by atoms with Crippen molar-refractivity contribution in [2.75, 3.05) is 26.7 Å². The molecule has 0 fully saturated rings. The Labute approximate surface area is 125 Å². The second-order valence-corrected chi connectivity index (χ2v) is 5.30. The van der Waals surface area contributed by atoms with Crippen LogP contribution in [0.3, 0.4) is 0 Å². The van der Waals surface area contributed by atoms with E-state index in [0.717, 1.165) is 18.7 Å². The molecule has 1 aromatic carbocycles. The van der Waals surface area contributed by atoms with E-state index in [1.807, 2.05) is 42.8 Å². The van der Waals surface area contributed by atoms with Gasteiger partial charge in [-0.25, -0.2) is 0 Å². The number of likely N-dealkylation sites (N-methyl/N-ethyl adjacent to an activating group) is 2. The Morgan fingerprint density at radius 1 is 1.16 bits per heavy atom. The molecule has 0 bridgehead atoms. The number of rotatable bonds is 6. The molecule has 106 valence electrons. The minimum absolute atomic E-state index is 0.146. The van der Waals surface area contributed by atoms with E-state index in [-0.39, 0.29) is 5.91 Å². The van der Waals surface area contributed by atoms with Crippen LogP contribution in [0.5, 0.6) is 0 Å². The molecule has 1 rings (SSSR count). The van der Waals surface area contributed by atoms with Gasteiger partial charge in [0.25, 0.3) is 0 Å². The molecule has 0 aromatic heterocycles. The highest BCUT2D eigenvalue weighted by Crippen LogP contribution is 2.23. The Hall–Kier alpha value is -0.770. The van der Waals surface area contributed by atoms with E-state index in [1.54, 1.807) is 6.07 Å². The molecule has 0 aliphatic rings. The van der Waals surface area contributed by atoms with Crippen LogP contribution < -0.4 is 0 Å². The average molecular weight is 303 g/mol. The van der Waals surface area contributed by atoms with Crippen LogP contribution in [-0.2, 0) is 11.3 Å². The van der Waals surface area contributed by atoms with Gasteiger partial charge in [0, 0.05) is 19.6 Å². The number of amides is 1. The first-order valence-corrected chi connectivity index (χ1v) is 7.13. The topological polar surface area (TPSA) is 23.6 Å². The molecule has 0 spiro atoms. The number of carbonyl (C=O) groups excluding carboxylic acids is 1. The minimum atomic E-state index is 0.146. The Balaban J connectivity index is 2.57. The summed E-state index contributed by atoms with van der Waals surface area (Å²) >= 11 is 11.8. The van der Waals surface area contributed by atoms with E-state index in [4.69, 9.17) is 23.2 Å². The van der Waals surface area contributed by atoms with Crippen LogP contribution in [0.2, 0.25) is 10.0 Å². The Morgan fingerprint density at radius 3 is 2.32 bits per heavy atom. The van der Waals surface area contributed by atoms with Gasteiger partial charge in [-0.3, -0.25) is 9.69 Å². The Kier molecular flexibility index (Phi) is 6.63. The number of hydrogen-bond donors (Lipinski definition) is 0. The zero-order chi connectivity index (χ0) is 14.4. The number of nitrogens with zero attached hydrogens (tertiary/aromatic N) is 2. The molecular formula is C14H20Cl2N2O. The third kappa shape index (κ3) is 5.01. The van der Waals surface area contributed by atoms with Gasteiger partial charge >= 0.3 is 0 Å². The first-order chi connectivity index (χ1) is 8.97. The van der Waals surface area contributed by atoms with E-state index in [0.29, 0.717) is 23.1 Å². The predicted molar refractivity (Wildman–Crippen MR) is 80.7 cm³/mol. The van der Waals surface area contributed by atoms with Gasteiger partial charge in [-0.05, 0) is 38.6 Å². The predicted octanol–water partition coefficient (Wildman–Crippen LogP) is 3.29. The summed E-state index contributed by atoms with van der Waals surface area (Å²) in [5.41, 5.74) is 1.05. The minimum Gasteiger partial charge on any atom is -0.342 e. The molecule has 0 saturated carbocycles. The molecule has 1 aromatic rings. The number of hydrogen-bond acceptors (Lipinski definition) is 2. The summed E-state index contributed by atoms with van der Waals surface area (Å²) < 4.78 is 0. The smallest absolute Gasteiger partial charge is 0.236 e. The molecule has 0 aliphatic heterocycles. The maximum absolute atomic E-state index is 12.0. The lowest BCUT2D eigenvalue weighted by molar-refractivity contribution is -0.131. The van der Waals surface area contributed by atoms with Gasteiger partial charge in [0.1, 0.15) is 0 Å². The zero-order valence-electron chi connectivity index (χ0n) is 11.6. The quantitative estimate of drug-likeness (QED) is 0.805. The first-order valence-electron chi connectivity index (χ1n) is 6.38. The van der Waals surface area contributed by atoms with Gasteiger partial charge in [-0.15, -0.1) is 0 Å². The molecule has 3 nitrogen and oxygen atoms in total. The Bertz CT molecular complexity index is 433. The standard InChI is InChI=1S/C14H20Cl2N2O/c1-4-18(5-2)14(19)10-17(3)9-11-6-7-12(15)13(16)8-11/h6-8H,4-5,9-10H2,1-3H3. The second kappa shape index (κ2) is 7.73. The fourth-order valence-corrected chi connectivity index (χ4v) is 2.23. The number of carbonyl (C=O) groups is 1. The average Bonchev–Trinajstić information content (AvgIpc) is 2.35. The van der Waals surface area contributed by atoms with Crippen molar-refractivity contribution in [3.8, 4) is 0 Å². The van der Waals surface area contributed by atoms with Crippen molar-refractivity contribution in [3.05, 3.63) is 33.8 Å². The van der Waals surface area contributed by atoms with Crippen LogP contribution in [-0.4, -0.2) is 42.4 Å². The fourth-order valence-electron chi connectivity index (χ4n) is 1.91. The lowest BCUT2D eigenvalue weighted by Gasteiger charge is -2.23. The number of benzene rings is 1. The van der Waals surface area contributed by atoms with Crippen molar-refractivity contribution in [2.24, 2.45) is 0 Å². The van der Waals surface area contributed by atoms with Crippen LogP contribution in [0.15, 0.2) is 18.2 Å². The second-order valence-electron chi connectivity index (χ2n) is 4.49. The van der Waals surface area contributed by atoms with Gasteiger partial charge in [0.2, 0.25) is 5.91 Å². The molecule has 0 radical (unpaired) electrons. The summed E-state index contributed by atoms with van der Waals surface area (Å²) in [6.45, 7) is 6.54. The molecule has 19 heavy (non-hydrogen) atoms. The van der Waals surface area contributed by atoms with E-state index < -0.39 is 0 Å². The highest BCUT2D eigenvalue weighted by atomic mass is 35.5. The van der Waals surface area contributed by atoms with Crippen molar-refractivity contribution in [1.82, 2.24) is 9.80 Å². The molecule has 0 heterocycles. The summed E-state index contributed by atoms with van der Waals surface area (Å²) in [6, 6.07) is 5.54. The van der Waals surface area contributed by atoms with Crippen molar-refractivity contribution in [1.29, 1.82) is 0 Å². The maximum Gasteiger partial charge on any atom is 0.236 e. The molecule has 5 heteroatoms. The first kappa shape index (κ1) is 16.3. The van der Waals surface area contributed by atoms with Gasteiger partial charge in [-0.2, -0.15) is 0 Å². The van der Waals surface area contributed by atoms with Crippen molar-refractivity contribution >= 4 is 29.1 Å². The monoisotopic (exact) mass is 302 g/mol. The third-order valence-electron chi connectivity index (χ3n) is 2.96. The van der Waals surface area contributed by atoms with Gasteiger partial charge in [0.05, 0.1) is 16.6 Å². The van der Waals surface area contributed by atoms with Gasteiger partial charge in [0.15, 0.2) is 0 Å². The number of halogens is 2. The van der Waals surface area contributed by atoms with E-state index in [1.165, 1.54) is 0 Å². The van der Waals surface area contributed by atoms with E-state index in [9.17, 15) is 4.79 Å². The van der Waals surface area contributed by atoms with Crippen LogP contribution in [0, 0.1) is 0 Å². The highest BCUT2D eigenvalue weighted by molar-refractivity contribution is 6.42. The highest BCUT2D eigenvalue weighted by Gasteiger charge is 2.12. The lowest BCUT2D eigenvalue weighted by atomic mass is 10.2. The molecule has 0 aliphatic carbocycles. The summed E-state index contributed by atoms with van der Waals surface area (Å²) in [6.07, 6.45) is 0. The summed E-state index contributed by atoms with van der Waals surface area (Å²) in [5.74, 6) is 0.146. The van der Waals surface area contributed by atoms with Gasteiger partial charge in [-0.1, -0.05) is 29.3 Å². The maximum atomic E-state index is 12.0. The van der Waals surface area contributed by atoms with Gasteiger partial charge < -0.3 is 4.90 Å². The van der Waals surface area contributed by atoms with E-state index in [2.05, 4.69) is 0 Å². The van der Waals surface area contributed by atoms with Crippen LogP contribution in [0.1, 0.15) is 19.4 Å². The van der Waals surface area contributed by atoms with Crippen LogP contribution >= 0.6 is 23.2 Å². The molecular weight excluding hydrogens is 283 g/mol. The SMILES string of the molecule is CCN(CC)C(=O)CN(C)Cc1ccc(Cl)c(Cl)c1. The summed E-state index contributed by atoms with van der Waals surface area (Å²) in [7, 11) is 1.92. The Morgan fingerprint density at radius 2 is 1.79 bits per heavy atom. The van der Waals surface area contributed by atoms with E-state index >= 15 is 0 Å². The molecule has 0 saturated heterocycles. The zero-order valence-corrected chi connectivity index (χ0v) is 13.1. The normalized spacial score (nSPS) is 10.8. The van der Waals surface area contributed by atoms with Crippen LogP contribution in [0.4, 0.5) is 0 Å². The van der Waals surface area contributed by atoms with Crippen molar-refractivity contribution in [2.45, 2.75) is 20.4 Å². The molecule has 0 unspecified atom stereocenters. The van der Waals surface area contributed by atoms with Crippen LogP contribution in [0.25, 0.3) is 0 Å². The van der Waals surface area contributed by atoms with Crippen molar-refractivity contribution < 1.29 is 4.79 Å². The fraction of sp³-hybridized carbons (Fsp3) is 0.500.